The predicted molar refractivity (Wildman–Crippen MR) is 74.0 cm³/mol. The topological polar surface area (TPSA) is 106 Å². The van der Waals surface area contributed by atoms with Gasteiger partial charge in [-0.25, -0.2) is 4.79 Å². The minimum atomic E-state index is -0.981. The van der Waals surface area contributed by atoms with Gasteiger partial charge in [-0.1, -0.05) is 12.1 Å². The van der Waals surface area contributed by atoms with E-state index in [-0.39, 0.29) is 12.4 Å². The molecule has 2 aromatic rings. The van der Waals surface area contributed by atoms with Gasteiger partial charge in [-0.3, -0.25) is 0 Å². The highest BCUT2D eigenvalue weighted by Gasteiger charge is 2.22. The zero-order valence-corrected chi connectivity index (χ0v) is 11.9. The number of hydrogen-bond acceptors (Lipinski definition) is 7. The van der Waals surface area contributed by atoms with E-state index >= 15 is 0 Å². The fourth-order valence-corrected chi connectivity index (χ4v) is 1.70. The number of methoxy groups -OCH3 is 2. The molecule has 0 aliphatic heterocycles. The minimum absolute atomic E-state index is 0.0747. The fraction of sp³-hybridized carbons (Fsp3) is 0.231. The molecule has 9 heteroatoms. The predicted octanol–water partition coefficient (Wildman–Crippen LogP) is 1.99. The monoisotopic (exact) mass is 307 g/mol. The average molecular weight is 307 g/mol. The smallest absolute Gasteiger partial charge is 0.497 e. The minimum Gasteiger partial charge on any atom is -0.497 e. The summed E-state index contributed by atoms with van der Waals surface area (Å²) in [5.41, 5.74) is 0.800. The molecule has 22 heavy (non-hydrogen) atoms. The van der Waals surface area contributed by atoms with E-state index in [0.29, 0.717) is 5.75 Å². The molecule has 9 nitrogen and oxygen atoms in total. The van der Waals surface area contributed by atoms with E-state index in [1.54, 1.807) is 31.4 Å². The maximum absolute atomic E-state index is 11.2. The lowest BCUT2D eigenvalue weighted by atomic mass is 10.2. The standard InChI is InChI=1S/C13H13N3O6/c1-20-10-5-3-9(4-6-10)8-15-12(22-13(17)21-2)7-11(14-15)16(18)19/h3-7H,8H2,1-2H3. The molecule has 0 fully saturated rings. The molecule has 0 aliphatic rings. The number of hydrogen-bond donors (Lipinski definition) is 0. The van der Waals surface area contributed by atoms with Gasteiger partial charge in [0.1, 0.15) is 11.8 Å². The Morgan fingerprint density at radius 3 is 2.55 bits per heavy atom. The molecular formula is C13H13N3O6. The van der Waals surface area contributed by atoms with Crippen LogP contribution in [0.15, 0.2) is 30.3 Å². The van der Waals surface area contributed by atoms with Crippen molar-refractivity contribution in [2.75, 3.05) is 14.2 Å². The van der Waals surface area contributed by atoms with E-state index < -0.39 is 16.9 Å². The molecule has 0 atom stereocenters. The van der Waals surface area contributed by atoms with E-state index in [1.165, 1.54) is 4.68 Å². The highest BCUT2D eigenvalue weighted by atomic mass is 16.7. The highest BCUT2D eigenvalue weighted by Crippen LogP contribution is 2.21. The zero-order chi connectivity index (χ0) is 16.1. The molecule has 0 saturated heterocycles. The van der Waals surface area contributed by atoms with Crippen molar-refractivity contribution in [1.82, 2.24) is 9.78 Å². The van der Waals surface area contributed by atoms with Crippen LogP contribution >= 0.6 is 0 Å². The van der Waals surface area contributed by atoms with Gasteiger partial charge in [-0.15, -0.1) is 4.68 Å². The van der Waals surface area contributed by atoms with Crippen molar-refractivity contribution in [2.24, 2.45) is 0 Å². The van der Waals surface area contributed by atoms with Crippen LogP contribution in [-0.2, 0) is 11.3 Å². The summed E-state index contributed by atoms with van der Waals surface area (Å²) in [6.45, 7) is 0.185. The molecule has 0 aliphatic carbocycles. The lowest BCUT2D eigenvalue weighted by Crippen LogP contribution is -2.12. The number of nitrogens with zero attached hydrogens (tertiary/aromatic N) is 3. The summed E-state index contributed by atoms with van der Waals surface area (Å²) in [5.74, 6) is 0.183. The van der Waals surface area contributed by atoms with Gasteiger partial charge in [0.25, 0.3) is 5.88 Å². The molecule has 1 aromatic heterocycles. The van der Waals surface area contributed by atoms with Crippen LogP contribution in [-0.4, -0.2) is 35.1 Å². The van der Waals surface area contributed by atoms with Crippen molar-refractivity contribution in [3.63, 3.8) is 0 Å². The van der Waals surface area contributed by atoms with Gasteiger partial charge in [0.05, 0.1) is 25.9 Å². The molecule has 0 radical (unpaired) electrons. The maximum Gasteiger partial charge on any atom is 0.514 e. The summed E-state index contributed by atoms with van der Waals surface area (Å²) < 4.78 is 15.5. The largest absolute Gasteiger partial charge is 0.514 e. The number of nitro groups is 1. The zero-order valence-electron chi connectivity index (χ0n) is 11.9. The molecule has 1 aromatic carbocycles. The number of carbonyl (C=O) groups excluding carboxylic acids is 1. The van der Waals surface area contributed by atoms with Crippen molar-refractivity contribution >= 4 is 12.0 Å². The Morgan fingerprint density at radius 2 is 2.00 bits per heavy atom. The second-order valence-electron chi connectivity index (χ2n) is 4.16. The summed E-state index contributed by atoms with van der Waals surface area (Å²) >= 11 is 0. The Bertz CT molecular complexity index is 680. The van der Waals surface area contributed by atoms with Crippen molar-refractivity contribution in [2.45, 2.75) is 6.54 Å². The first kappa shape index (κ1) is 15.3. The summed E-state index contributed by atoms with van der Waals surface area (Å²) in [5, 5.41) is 14.6. The number of aromatic nitrogens is 2. The van der Waals surface area contributed by atoms with Gasteiger partial charge in [0, 0.05) is 0 Å². The summed E-state index contributed by atoms with van der Waals surface area (Å²) in [7, 11) is 2.69. The fourth-order valence-electron chi connectivity index (χ4n) is 1.70. The molecule has 0 N–H and O–H groups in total. The number of ether oxygens (including phenoxy) is 3. The number of carbonyl (C=O) groups is 1. The van der Waals surface area contributed by atoms with E-state index in [1.807, 2.05) is 0 Å². The van der Waals surface area contributed by atoms with Crippen LogP contribution in [0.2, 0.25) is 0 Å². The SMILES string of the molecule is COC(=O)Oc1cc([N+](=O)[O-])nn1Cc1ccc(OC)cc1. The first-order chi connectivity index (χ1) is 10.5. The Morgan fingerprint density at radius 1 is 1.32 bits per heavy atom. The van der Waals surface area contributed by atoms with Crippen LogP contribution in [0.1, 0.15) is 5.56 Å². The van der Waals surface area contributed by atoms with E-state index in [2.05, 4.69) is 9.84 Å². The Hall–Kier alpha value is -3.10. The molecule has 0 amide bonds. The van der Waals surface area contributed by atoms with Gasteiger partial charge in [0.2, 0.25) is 0 Å². The molecule has 116 valence electrons. The second-order valence-corrected chi connectivity index (χ2v) is 4.16. The van der Waals surface area contributed by atoms with Gasteiger partial charge in [-0.05, 0) is 22.6 Å². The van der Waals surface area contributed by atoms with Crippen molar-refractivity contribution in [1.29, 1.82) is 0 Å². The Labute approximate surface area is 125 Å². The molecule has 0 unspecified atom stereocenters. The summed E-state index contributed by atoms with van der Waals surface area (Å²) in [6, 6.07) is 8.09. The summed E-state index contributed by atoms with van der Waals surface area (Å²) in [4.78, 5) is 21.3. The third-order valence-electron chi connectivity index (χ3n) is 2.76. The molecule has 0 saturated carbocycles. The van der Waals surface area contributed by atoms with Crippen LogP contribution in [0.25, 0.3) is 0 Å². The summed E-state index contributed by atoms with van der Waals surface area (Å²) in [6.07, 6.45) is -0.981. The molecule has 0 spiro atoms. The number of benzene rings is 1. The molecule has 2 rings (SSSR count). The number of rotatable bonds is 5. The third-order valence-corrected chi connectivity index (χ3v) is 2.76. The lowest BCUT2D eigenvalue weighted by molar-refractivity contribution is -0.389. The highest BCUT2D eigenvalue weighted by molar-refractivity contribution is 5.63. The van der Waals surface area contributed by atoms with Crippen LogP contribution in [0.4, 0.5) is 10.6 Å². The van der Waals surface area contributed by atoms with Crippen LogP contribution in [0.3, 0.4) is 0 Å². The lowest BCUT2D eigenvalue weighted by Gasteiger charge is -2.04. The van der Waals surface area contributed by atoms with Crippen LogP contribution < -0.4 is 9.47 Å². The van der Waals surface area contributed by atoms with Crippen molar-refractivity contribution < 1.29 is 23.9 Å². The van der Waals surface area contributed by atoms with E-state index in [9.17, 15) is 14.9 Å². The molecular weight excluding hydrogens is 294 g/mol. The Kier molecular flexibility index (Phi) is 4.57. The van der Waals surface area contributed by atoms with Gasteiger partial charge < -0.3 is 24.3 Å². The first-order valence-electron chi connectivity index (χ1n) is 6.14. The molecule has 1 heterocycles. The van der Waals surface area contributed by atoms with Gasteiger partial charge >= 0.3 is 12.0 Å². The molecule has 0 bridgehead atoms. The third kappa shape index (κ3) is 3.51. The first-order valence-corrected chi connectivity index (χ1v) is 6.14. The van der Waals surface area contributed by atoms with Gasteiger partial charge in [0.15, 0.2) is 0 Å². The normalized spacial score (nSPS) is 10.1. The van der Waals surface area contributed by atoms with Crippen molar-refractivity contribution in [3.8, 4) is 11.6 Å². The van der Waals surface area contributed by atoms with Gasteiger partial charge in [-0.2, -0.15) is 0 Å². The van der Waals surface area contributed by atoms with Crippen LogP contribution in [0, 0.1) is 10.1 Å². The van der Waals surface area contributed by atoms with Crippen LogP contribution in [0.5, 0.6) is 11.6 Å². The van der Waals surface area contributed by atoms with Crippen molar-refractivity contribution in [3.05, 3.63) is 46.0 Å². The second kappa shape index (κ2) is 6.57. The van der Waals surface area contributed by atoms with E-state index in [4.69, 9.17) is 9.47 Å². The average Bonchev–Trinajstić information content (AvgIpc) is 2.91. The Balaban J connectivity index is 2.26. The maximum atomic E-state index is 11.2. The quantitative estimate of drug-likeness (QED) is 0.472. The van der Waals surface area contributed by atoms with E-state index in [0.717, 1.165) is 18.7 Å².